The first-order valence-corrected chi connectivity index (χ1v) is 12.7. The van der Waals surface area contributed by atoms with Crippen LogP contribution in [0.15, 0.2) is 72.8 Å². The molecular formula is C24H25INO5+. The molecule has 0 aliphatic carbocycles. The molecule has 0 bridgehead atoms. The second kappa shape index (κ2) is 9.91. The summed E-state index contributed by atoms with van der Waals surface area (Å²) in [5.41, 5.74) is 2.06. The minimum atomic E-state index is -2.30. The molecule has 3 aromatic rings. The van der Waals surface area contributed by atoms with Gasteiger partial charge >= 0.3 is 191 Å². The van der Waals surface area contributed by atoms with E-state index in [-0.39, 0.29) is 0 Å². The molecule has 1 aliphatic heterocycles. The van der Waals surface area contributed by atoms with Gasteiger partial charge in [-0.1, -0.05) is 0 Å². The molecule has 0 fully saturated rings. The first-order valence-electron chi connectivity index (χ1n) is 9.83. The van der Waals surface area contributed by atoms with E-state index in [2.05, 4.69) is 12.1 Å². The van der Waals surface area contributed by atoms with Crippen LogP contribution in [0.4, 0.5) is 0 Å². The minimum absolute atomic E-state index is 0.637. The van der Waals surface area contributed by atoms with E-state index in [0.29, 0.717) is 6.54 Å². The Bertz CT molecular complexity index is 1030. The van der Waals surface area contributed by atoms with Crippen molar-refractivity contribution in [3.8, 4) is 17.2 Å². The van der Waals surface area contributed by atoms with E-state index in [0.717, 1.165) is 44.3 Å². The van der Waals surface area contributed by atoms with Crippen molar-refractivity contribution in [1.29, 1.82) is 0 Å². The van der Waals surface area contributed by atoms with Crippen LogP contribution >= 0.6 is 20.6 Å². The summed E-state index contributed by atoms with van der Waals surface area (Å²) in [6.45, 7) is 0.637. The fourth-order valence-electron chi connectivity index (χ4n) is 3.13. The Morgan fingerprint density at radius 1 is 0.774 bits per heavy atom. The van der Waals surface area contributed by atoms with Crippen LogP contribution in [-0.2, 0) is 12.7 Å². The van der Waals surface area contributed by atoms with E-state index in [1.807, 2.05) is 65.4 Å². The summed E-state index contributed by atoms with van der Waals surface area (Å²) in [6.07, 6.45) is 0.745. The molecule has 0 amide bonds. The van der Waals surface area contributed by atoms with Gasteiger partial charge in [-0.05, 0) is 0 Å². The SMILES string of the molecule is COc1ccc(C2=[N+](CCc3cc(OC)cc(OC)c3)OI(c3ccccc3)O2)cc1. The van der Waals surface area contributed by atoms with Crippen molar-refractivity contribution in [3.63, 3.8) is 0 Å². The van der Waals surface area contributed by atoms with Crippen molar-refractivity contribution < 1.29 is 25.2 Å². The summed E-state index contributed by atoms with van der Waals surface area (Å²) < 4.78 is 31.8. The van der Waals surface area contributed by atoms with Gasteiger partial charge in [0.25, 0.3) is 0 Å². The van der Waals surface area contributed by atoms with Crippen LogP contribution in [0.25, 0.3) is 0 Å². The van der Waals surface area contributed by atoms with Gasteiger partial charge in [0, 0.05) is 0 Å². The molecule has 7 heteroatoms. The zero-order valence-corrected chi connectivity index (χ0v) is 19.9. The van der Waals surface area contributed by atoms with Crippen LogP contribution in [0, 0.1) is 3.57 Å². The molecule has 0 spiro atoms. The van der Waals surface area contributed by atoms with Crippen LogP contribution in [0.5, 0.6) is 17.2 Å². The summed E-state index contributed by atoms with van der Waals surface area (Å²) in [5.74, 6) is 3.08. The van der Waals surface area contributed by atoms with Crippen molar-refractivity contribution in [2.24, 2.45) is 0 Å². The van der Waals surface area contributed by atoms with Crippen molar-refractivity contribution >= 4 is 26.5 Å². The summed E-state index contributed by atoms with van der Waals surface area (Å²) in [5, 5.41) is 0. The summed E-state index contributed by atoms with van der Waals surface area (Å²) in [7, 11) is 4.97. The van der Waals surface area contributed by atoms with Crippen molar-refractivity contribution in [2.75, 3.05) is 27.9 Å². The Hall–Kier alpha value is -2.94. The number of halogens is 1. The number of benzene rings is 3. The van der Waals surface area contributed by atoms with E-state index < -0.39 is 20.6 Å². The third-order valence-electron chi connectivity index (χ3n) is 4.78. The zero-order chi connectivity index (χ0) is 21.6. The number of nitrogens with zero attached hydrogens (tertiary/aromatic N) is 1. The normalized spacial score (nSPS) is 14.1. The molecule has 3 aromatic carbocycles. The van der Waals surface area contributed by atoms with Crippen LogP contribution in [-0.4, -0.2) is 38.5 Å². The fraction of sp³-hybridized carbons (Fsp3) is 0.208. The Labute approximate surface area is 190 Å². The van der Waals surface area contributed by atoms with E-state index in [9.17, 15) is 0 Å². The van der Waals surface area contributed by atoms with Crippen LogP contribution in [0.2, 0.25) is 0 Å². The van der Waals surface area contributed by atoms with Gasteiger partial charge in [-0.2, -0.15) is 0 Å². The van der Waals surface area contributed by atoms with E-state index in [1.54, 1.807) is 21.3 Å². The average Bonchev–Trinajstić information content (AvgIpc) is 3.27. The molecule has 0 N–H and O–H groups in total. The molecule has 0 saturated carbocycles. The monoisotopic (exact) mass is 534 g/mol. The zero-order valence-electron chi connectivity index (χ0n) is 17.7. The van der Waals surface area contributed by atoms with Gasteiger partial charge in [0.05, 0.1) is 0 Å². The number of hydrogen-bond donors (Lipinski definition) is 0. The number of methoxy groups -OCH3 is 3. The second-order valence-electron chi connectivity index (χ2n) is 6.77. The Kier molecular flexibility index (Phi) is 6.81. The van der Waals surface area contributed by atoms with E-state index in [4.69, 9.17) is 20.4 Å². The average molecular weight is 534 g/mol. The number of ether oxygens (including phenoxy) is 3. The van der Waals surface area contributed by atoms with Crippen LogP contribution in [0.1, 0.15) is 11.1 Å². The van der Waals surface area contributed by atoms with Gasteiger partial charge in [-0.15, -0.1) is 0 Å². The topological polar surface area (TPSA) is 49.2 Å². The van der Waals surface area contributed by atoms with Crippen molar-refractivity contribution in [1.82, 2.24) is 0 Å². The molecule has 31 heavy (non-hydrogen) atoms. The van der Waals surface area contributed by atoms with Crippen LogP contribution in [0.3, 0.4) is 0 Å². The van der Waals surface area contributed by atoms with E-state index >= 15 is 0 Å². The molecule has 0 atom stereocenters. The Balaban J connectivity index is 1.60. The predicted molar refractivity (Wildman–Crippen MR) is 127 cm³/mol. The molecule has 0 radical (unpaired) electrons. The first-order chi connectivity index (χ1) is 15.2. The van der Waals surface area contributed by atoms with E-state index in [1.165, 1.54) is 0 Å². The third kappa shape index (κ3) is 5.04. The van der Waals surface area contributed by atoms with Gasteiger partial charge < -0.3 is 0 Å². The van der Waals surface area contributed by atoms with Gasteiger partial charge in [0.1, 0.15) is 0 Å². The summed E-state index contributed by atoms with van der Waals surface area (Å²) in [4.78, 5) is 0. The Morgan fingerprint density at radius 3 is 2.03 bits per heavy atom. The predicted octanol–water partition coefficient (Wildman–Crippen LogP) is 4.88. The number of hydroxylamine groups is 1. The number of hydrogen-bond acceptors (Lipinski definition) is 5. The third-order valence-corrected chi connectivity index (χ3v) is 8.17. The molecule has 4 rings (SSSR count). The molecule has 0 saturated heterocycles. The molecule has 0 aromatic heterocycles. The first kappa shape index (κ1) is 21.3. The summed E-state index contributed by atoms with van der Waals surface area (Å²) >= 11 is -2.30. The van der Waals surface area contributed by atoms with Gasteiger partial charge in [0.2, 0.25) is 0 Å². The molecule has 1 heterocycles. The molecule has 1 aliphatic rings. The summed E-state index contributed by atoms with van der Waals surface area (Å²) in [6, 6.07) is 23.9. The standard InChI is InChI=1S/C24H25INO5/c1-27-21-11-9-19(10-12-21)24-26(31-25(30-24)20-7-5-4-6-8-20)14-13-18-15-22(28-2)17-23(16-18)29-3/h4-12,15-17H,13-14H2,1-3H3/q+1. The maximum absolute atomic E-state index is 6.38. The maximum atomic E-state index is 6.38. The molecule has 0 unspecified atom stereocenters. The molecule has 162 valence electrons. The molecular weight excluding hydrogens is 509 g/mol. The fourth-order valence-corrected chi connectivity index (χ4v) is 6.35. The quantitative estimate of drug-likeness (QED) is 0.305. The van der Waals surface area contributed by atoms with Crippen molar-refractivity contribution in [2.45, 2.75) is 6.42 Å². The second-order valence-corrected chi connectivity index (χ2v) is 10.1. The van der Waals surface area contributed by atoms with Gasteiger partial charge in [0.15, 0.2) is 0 Å². The van der Waals surface area contributed by atoms with Gasteiger partial charge in [-0.25, -0.2) is 0 Å². The number of rotatable bonds is 8. The van der Waals surface area contributed by atoms with Crippen molar-refractivity contribution in [3.05, 3.63) is 87.5 Å². The van der Waals surface area contributed by atoms with Gasteiger partial charge in [-0.3, -0.25) is 0 Å². The molecule has 6 nitrogen and oxygen atoms in total. The Morgan fingerprint density at radius 2 is 1.42 bits per heavy atom. The van der Waals surface area contributed by atoms with Crippen LogP contribution < -0.4 is 14.2 Å².